The van der Waals surface area contributed by atoms with E-state index in [-0.39, 0.29) is 23.3 Å². The minimum Gasteiger partial charge on any atom is -0.493 e. The van der Waals surface area contributed by atoms with Crippen molar-refractivity contribution in [3.05, 3.63) is 35.9 Å². The lowest BCUT2D eigenvalue weighted by molar-refractivity contribution is -0.127. The standard InChI is InChI=1S/C21H30N2O4/c1-21(2,3)11-8-19(24)23-12-9-16(10-13-23)22-20(25)15-6-7-17(26-4)18(14-15)27-5/h6-8,11,14,16H,9-10,12-13H2,1-5H3,(H,22,25)/b11-8+. The summed E-state index contributed by atoms with van der Waals surface area (Å²) in [7, 11) is 3.10. The van der Waals surface area contributed by atoms with Crippen molar-refractivity contribution in [1.29, 1.82) is 0 Å². The number of carbonyl (C=O) groups is 2. The van der Waals surface area contributed by atoms with Crippen LogP contribution in [0.1, 0.15) is 44.0 Å². The zero-order valence-electron chi connectivity index (χ0n) is 16.9. The highest BCUT2D eigenvalue weighted by Crippen LogP contribution is 2.27. The van der Waals surface area contributed by atoms with Crippen molar-refractivity contribution in [2.75, 3.05) is 27.3 Å². The Bertz CT molecular complexity index is 699. The van der Waals surface area contributed by atoms with Gasteiger partial charge in [-0.3, -0.25) is 9.59 Å². The summed E-state index contributed by atoms with van der Waals surface area (Å²) in [6.45, 7) is 7.47. The molecule has 6 nitrogen and oxygen atoms in total. The van der Waals surface area contributed by atoms with E-state index in [0.717, 1.165) is 12.8 Å². The summed E-state index contributed by atoms with van der Waals surface area (Å²) in [5, 5.41) is 3.05. The first kappa shape index (κ1) is 20.8. The Morgan fingerprint density at radius 1 is 1.11 bits per heavy atom. The van der Waals surface area contributed by atoms with Crippen molar-refractivity contribution in [3.8, 4) is 11.5 Å². The van der Waals surface area contributed by atoms with Crippen LogP contribution < -0.4 is 14.8 Å². The lowest BCUT2D eigenvalue weighted by Crippen LogP contribution is -2.46. The first-order chi connectivity index (χ1) is 12.7. The molecule has 0 aliphatic carbocycles. The van der Waals surface area contributed by atoms with Gasteiger partial charge in [-0.2, -0.15) is 0 Å². The summed E-state index contributed by atoms with van der Waals surface area (Å²) in [6.07, 6.45) is 5.07. The van der Waals surface area contributed by atoms with Gasteiger partial charge < -0.3 is 19.7 Å². The van der Waals surface area contributed by atoms with Crippen molar-refractivity contribution >= 4 is 11.8 Å². The van der Waals surface area contributed by atoms with Crippen molar-refractivity contribution < 1.29 is 19.1 Å². The van der Waals surface area contributed by atoms with Crippen LogP contribution in [-0.2, 0) is 4.79 Å². The molecule has 2 amide bonds. The van der Waals surface area contributed by atoms with Gasteiger partial charge in [-0.15, -0.1) is 0 Å². The Labute approximate surface area is 161 Å². The molecule has 0 saturated carbocycles. The SMILES string of the molecule is COc1ccc(C(=O)NC2CCN(C(=O)/C=C/C(C)(C)C)CC2)cc1OC. The second kappa shape index (κ2) is 8.93. The average Bonchev–Trinajstić information content (AvgIpc) is 2.65. The maximum Gasteiger partial charge on any atom is 0.251 e. The van der Waals surface area contributed by atoms with Crippen molar-refractivity contribution in [3.63, 3.8) is 0 Å². The van der Waals surface area contributed by atoms with E-state index in [1.807, 2.05) is 11.0 Å². The lowest BCUT2D eigenvalue weighted by Gasteiger charge is -2.32. The van der Waals surface area contributed by atoms with E-state index < -0.39 is 0 Å². The number of piperidine rings is 1. The molecule has 1 fully saturated rings. The number of hydrogen-bond donors (Lipinski definition) is 1. The second-order valence-corrected chi connectivity index (χ2v) is 7.84. The molecule has 1 N–H and O–H groups in total. The molecular weight excluding hydrogens is 344 g/mol. The van der Waals surface area contributed by atoms with Crippen LogP contribution >= 0.6 is 0 Å². The van der Waals surface area contributed by atoms with Crippen LogP contribution in [0.3, 0.4) is 0 Å². The van der Waals surface area contributed by atoms with Gasteiger partial charge in [0.1, 0.15) is 0 Å². The van der Waals surface area contributed by atoms with Crippen molar-refractivity contribution in [1.82, 2.24) is 10.2 Å². The van der Waals surface area contributed by atoms with Gasteiger partial charge >= 0.3 is 0 Å². The molecule has 148 valence electrons. The molecule has 1 aromatic carbocycles. The normalized spacial score (nSPS) is 15.7. The quantitative estimate of drug-likeness (QED) is 0.805. The van der Waals surface area contributed by atoms with Gasteiger partial charge in [-0.25, -0.2) is 0 Å². The van der Waals surface area contributed by atoms with Crippen LogP contribution in [0.15, 0.2) is 30.4 Å². The number of rotatable bonds is 5. The van der Waals surface area contributed by atoms with Gasteiger partial charge in [-0.05, 0) is 42.5 Å². The molecule has 0 spiro atoms. The molecule has 0 atom stereocenters. The largest absolute Gasteiger partial charge is 0.493 e. The number of hydrogen-bond acceptors (Lipinski definition) is 4. The summed E-state index contributed by atoms with van der Waals surface area (Å²) in [6, 6.07) is 5.16. The van der Waals surface area contributed by atoms with Crippen LogP contribution in [0.2, 0.25) is 0 Å². The van der Waals surface area contributed by atoms with E-state index in [1.165, 1.54) is 0 Å². The number of allylic oxidation sites excluding steroid dienone is 1. The summed E-state index contributed by atoms with van der Waals surface area (Å²) in [5.74, 6) is 1.00. The molecule has 0 bridgehead atoms. The zero-order chi connectivity index (χ0) is 20.0. The van der Waals surface area contributed by atoms with Crippen LogP contribution in [0, 0.1) is 5.41 Å². The molecule has 27 heavy (non-hydrogen) atoms. The highest BCUT2D eigenvalue weighted by molar-refractivity contribution is 5.95. The van der Waals surface area contributed by atoms with Gasteiger partial charge in [0.2, 0.25) is 5.91 Å². The molecule has 2 rings (SSSR count). The van der Waals surface area contributed by atoms with Crippen LogP contribution in [0.4, 0.5) is 0 Å². The second-order valence-electron chi connectivity index (χ2n) is 7.84. The summed E-state index contributed by atoms with van der Waals surface area (Å²) in [4.78, 5) is 26.6. The fourth-order valence-corrected chi connectivity index (χ4v) is 2.92. The van der Waals surface area contributed by atoms with Gasteiger partial charge in [0.05, 0.1) is 14.2 Å². The van der Waals surface area contributed by atoms with Gasteiger partial charge in [0.25, 0.3) is 5.91 Å². The number of ether oxygens (including phenoxy) is 2. The summed E-state index contributed by atoms with van der Waals surface area (Å²) in [5.41, 5.74) is 0.515. The third-order valence-corrected chi connectivity index (χ3v) is 4.51. The highest BCUT2D eigenvalue weighted by Gasteiger charge is 2.23. The third-order valence-electron chi connectivity index (χ3n) is 4.51. The van der Waals surface area contributed by atoms with Gasteiger partial charge in [0.15, 0.2) is 11.5 Å². The minimum absolute atomic E-state index is 0.0125. The Morgan fingerprint density at radius 2 is 1.74 bits per heavy atom. The van der Waals surface area contributed by atoms with E-state index in [2.05, 4.69) is 26.1 Å². The Morgan fingerprint density at radius 3 is 2.30 bits per heavy atom. The maximum absolute atomic E-state index is 12.5. The first-order valence-electron chi connectivity index (χ1n) is 9.24. The number of nitrogens with one attached hydrogen (secondary N) is 1. The molecule has 1 saturated heterocycles. The number of methoxy groups -OCH3 is 2. The van der Waals surface area contributed by atoms with Gasteiger partial charge in [-0.1, -0.05) is 26.8 Å². The van der Waals surface area contributed by atoms with Crippen LogP contribution in [0.5, 0.6) is 11.5 Å². The van der Waals surface area contributed by atoms with E-state index in [0.29, 0.717) is 30.2 Å². The topological polar surface area (TPSA) is 67.9 Å². The Hall–Kier alpha value is -2.50. The lowest BCUT2D eigenvalue weighted by atomic mass is 9.96. The number of likely N-dealkylation sites (tertiary alicyclic amines) is 1. The highest BCUT2D eigenvalue weighted by atomic mass is 16.5. The van der Waals surface area contributed by atoms with E-state index in [1.54, 1.807) is 38.5 Å². The van der Waals surface area contributed by atoms with E-state index in [9.17, 15) is 9.59 Å². The fraction of sp³-hybridized carbons (Fsp3) is 0.524. The smallest absolute Gasteiger partial charge is 0.251 e. The Balaban J connectivity index is 1.89. The molecular formula is C21H30N2O4. The van der Waals surface area contributed by atoms with Crippen LogP contribution in [-0.4, -0.2) is 50.1 Å². The molecule has 1 aliphatic heterocycles. The monoisotopic (exact) mass is 374 g/mol. The minimum atomic E-state index is -0.145. The predicted octanol–water partition coefficient (Wildman–Crippen LogP) is 3.03. The third kappa shape index (κ3) is 6.01. The number of amides is 2. The number of nitrogens with zero attached hydrogens (tertiary/aromatic N) is 1. The molecule has 1 aromatic rings. The number of carbonyl (C=O) groups excluding carboxylic acids is 2. The Kier molecular flexibility index (Phi) is 6.88. The summed E-state index contributed by atoms with van der Waals surface area (Å²) >= 11 is 0. The number of benzene rings is 1. The van der Waals surface area contributed by atoms with E-state index in [4.69, 9.17) is 9.47 Å². The molecule has 0 unspecified atom stereocenters. The predicted molar refractivity (Wildman–Crippen MR) is 105 cm³/mol. The van der Waals surface area contributed by atoms with Crippen molar-refractivity contribution in [2.45, 2.75) is 39.7 Å². The van der Waals surface area contributed by atoms with Gasteiger partial charge in [0, 0.05) is 24.7 Å². The fourth-order valence-electron chi connectivity index (χ4n) is 2.92. The van der Waals surface area contributed by atoms with Crippen LogP contribution in [0.25, 0.3) is 0 Å². The zero-order valence-corrected chi connectivity index (χ0v) is 16.9. The first-order valence-corrected chi connectivity index (χ1v) is 9.24. The molecule has 1 aliphatic rings. The van der Waals surface area contributed by atoms with E-state index >= 15 is 0 Å². The summed E-state index contributed by atoms with van der Waals surface area (Å²) < 4.78 is 10.4. The molecule has 0 radical (unpaired) electrons. The van der Waals surface area contributed by atoms with Crippen molar-refractivity contribution in [2.24, 2.45) is 5.41 Å². The average molecular weight is 374 g/mol. The molecule has 1 heterocycles. The molecule has 6 heteroatoms. The molecule has 0 aromatic heterocycles. The maximum atomic E-state index is 12.5.